The number of carboxylic acid groups (broad SMARTS) is 1. The molecule has 0 heterocycles. The number of hydrogen-bond donors (Lipinski definition) is 2. The molecule has 1 amide bonds. The Kier molecular flexibility index (Phi) is 7.72. The maximum Gasteiger partial charge on any atom is 0.303 e. The lowest BCUT2D eigenvalue weighted by Gasteiger charge is -2.07. The molecule has 1 rings (SSSR count). The van der Waals surface area contributed by atoms with Gasteiger partial charge in [-0.2, -0.15) is 0 Å². The summed E-state index contributed by atoms with van der Waals surface area (Å²) >= 11 is 3.35. The van der Waals surface area contributed by atoms with Crippen LogP contribution < -0.4 is 10.1 Å². The van der Waals surface area contributed by atoms with Gasteiger partial charge in [-0.25, -0.2) is 0 Å². The van der Waals surface area contributed by atoms with Gasteiger partial charge in [-0.1, -0.05) is 22.0 Å². The average Bonchev–Trinajstić information content (AvgIpc) is 2.40. The number of hydrogen-bond acceptors (Lipinski definition) is 3. The molecule has 0 aliphatic heterocycles. The van der Waals surface area contributed by atoms with E-state index in [9.17, 15) is 9.59 Å². The van der Waals surface area contributed by atoms with Crippen molar-refractivity contribution in [1.29, 1.82) is 0 Å². The summed E-state index contributed by atoms with van der Waals surface area (Å²) < 4.78 is 6.46. The van der Waals surface area contributed by atoms with Crippen LogP contribution in [0.15, 0.2) is 28.7 Å². The molecule has 2 N–H and O–H groups in total. The molecule has 0 saturated carbocycles. The van der Waals surface area contributed by atoms with Crippen molar-refractivity contribution in [3.8, 4) is 5.75 Å². The molecule has 0 aliphatic rings. The summed E-state index contributed by atoms with van der Waals surface area (Å²) in [5.41, 5.74) is 0. The van der Waals surface area contributed by atoms with Crippen molar-refractivity contribution in [3.05, 3.63) is 28.7 Å². The Labute approximate surface area is 126 Å². The second-order valence-corrected chi connectivity index (χ2v) is 5.17. The van der Waals surface area contributed by atoms with Gasteiger partial charge >= 0.3 is 5.97 Å². The molecule has 0 atom stereocenters. The zero-order valence-corrected chi connectivity index (χ0v) is 12.7. The Morgan fingerprint density at radius 3 is 2.75 bits per heavy atom. The van der Waals surface area contributed by atoms with E-state index < -0.39 is 5.97 Å². The third kappa shape index (κ3) is 7.78. The molecular weight excluding hydrogens is 326 g/mol. The average molecular weight is 344 g/mol. The molecule has 0 aliphatic carbocycles. The van der Waals surface area contributed by atoms with Crippen LogP contribution in [0.3, 0.4) is 0 Å². The maximum absolute atomic E-state index is 11.4. The minimum Gasteiger partial charge on any atom is -0.494 e. The van der Waals surface area contributed by atoms with Crippen molar-refractivity contribution >= 4 is 27.8 Å². The molecule has 1 aromatic rings. The summed E-state index contributed by atoms with van der Waals surface area (Å²) in [6.45, 7) is 0.872. The van der Waals surface area contributed by atoms with Crippen LogP contribution in [0.2, 0.25) is 0 Å². The fraction of sp³-hybridized carbons (Fsp3) is 0.429. The van der Waals surface area contributed by atoms with Gasteiger partial charge in [-0.15, -0.1) is 0 Å². The van der Waals surface area contributed by atoms with Crippen molar-refractivity contribution in [2.45, 2.75) is 25.7 Å². The zero-order valence-electron chi connectivity index (χ0n) is 11.1. The quantitative estimate of drug-likeness (QED) is 0.675. The molecule has 20 heavy (non-hydrogen) atoms. The number of carbonyl (C=O) groups is 2. The highest BCUT2D eigenvalue weighted by Gasteiger charge is 2.02. The van der Waals surface area contributed by atoms with Gasteiger partial charge in [0.2, 0.25) is 5.91 Å². The molecule has 0 aromatic heterocycles. The van der Waals surface area contributed by atoms with Crippen LogP contribution in [-0.2, 0) is 9.59 Å². The number of benzene rings is 1. The monoisotopic (exact) mass is 343 g/mol. The number of ether oxygens (including phenoxy) is 1. The second kappa shape index (κ2) is 9.36. The number of halogens is 1. The van der Waals surface area contributed by atoms with E-state index in [1.165, 1.54) is 0 Å². The van der Waals surface area contributed by atoms with E-state index in [2.05, 4.69) is 21.2 Å². The van der Waals surface area contributed by atoms with Crippen molar-refractivity contribution < 1.29 is 19.4 Å². The van der Waals surface area contributed by atoms with E-state index in [-0.39, 0.29) is 12.3 Å². The van der Waals surface area contributed by atoms with Gasteiger partial charge in [-0.05, 0) is 31.0 Å². The molecule has 0 unspecified atom stereocenters. The first kappa shape index (κ1) is 16.5. The molecule has 1 aromatic carbocycles. The first-order chi connectivity index (χ1) is 9.58. The molecule has 5 nitrogen and oxygen atoms in total. The van der Waals surface area contributed by atoms with E-state index in [1.54, 1.807) is 0 Å². The van der Waals surface area contributed by atoms with Crippen LogP contribution in [0.25, 0.3) is 0 Å². The van der Waals surface area contributed by atoms with Gasteiger partial charge in [0.1, 0.15) is 5.75 Å². The fourth-order valence-electron chi connectivity index (χ4n) is 1.54. The summed E-state index contributed by atoms with van der Waals surface area (Å²) in [6.07, 6.45) is 1.53. The van der Waals surface area contributed by atoms with Crippen molar-refractivity contribution in [3.63, 3.8) is 0 Å². The van der Waals surface area contributed by atoms with Gasteiger partial charge in [0, 0.05) is 23.9 Å². The Hall–Kier alpha value is -1.56. The molecule has 0 fully saturated rings. The van der Waals surface area contributed by atoms with Crippen molar-refractivity contribution in [2.24, 2.45) is 0 Å². The van der Waals surface area contributed by atoms with E-state index >= 15 is 0 Å². The molecular formula is C14H18BrNO4. The molecule has 0 bridgehead atoms. The van der Waals surface area contributed by atoms with Crippen LogP contribution in [0.5, 0.6) is 5.75 Å². The van der Waals surface area contributed by atoms with Crippen LogP contribution in [0.4, 0.5) is 0 Å². The third-order valence-corrected chi connectivity index (χ3v) is 3.00. The fourth-order valence-corrected chi connectivity index (χ4v) is 1.91. The Morgan fingerprint density at radius 1 is 1.25 bits per heavy atom. The largest absolute Gasteiger partial charge is 0.494 e. The van der Waals surface area contributed by atoms with Crippen molar-refractivity contribution in [2.75, 3.05) is 13.2 Å². The van der Waals surface area contributed by atoms with E-state index in [0.717, 1.165) is 10.2 Å². The van der Waals surface area contributed by atoms with Gasteiger partial charge in [0.15, 0.2) is 0 Å². The highest BCUT2D eigenvalue weighted by Crippen LogP contribution is 2.17. The number of nitrogens with one attached hydrogen (secondary N) is 1. The van der Waals surface area contributed by atoms with Gasteiger partial charge < -0.3 is 15.2 Å². The minimum absolute atomic E-state index is 0.0757. The highest BCUT2D eigenvalue weighted by atomic mass is 79.9. The molecule has 6 heteroatoms. The summed E-state index contributed by atoms with van der Waals surface area (Å²) in [5, 5.41) is 11.1. The SMILES string of the molecule is O=C(O)CCCNC(=O)CCCOc1cccc(Br)c1. The van der Waals surface area contributed by atoms with Gasteiger partial charge in [0.05, 0.1) is 6.61 Å². The zero-order chi connectivity index (χ0) is 14.8. The number of carbonyl (C=O) groups excluding carboxylic acids is 1. The predicted molar refractivity (Wildman–Crippen MR) is 78.8 cm³/mol. The third-order valence-electron chi connectivity index (χ3n) is 2.50. The van der Waals surface area contributed by atoms with Gasteiger partial charge in [-0.3, -0.25) is 9.59 Å². The van der Waals surface area contributed by atoms with E-state index in [0.29, 0.717) is 32.4 Å². The highest BCUT2D eigenvalue weighted by molar-refractivity contribution is 9.10. The standard InChI is InChI=1S/C14H18BrNO4/c15-11-4-1-5-12(10-11)20-9-3-6-13(17)16-8-2-7-14(18)19/h1,4-5,10H,2-3,6-9H2,(H,16,17)(H,18,19). The van der Waals surface area contributed by atoms with E-state index in [4.69, 9.17) is 9.84 Å². The smallest absolute Gasteiger partial charge is 0.303 e. The van der Waals surface area contributed by atoms with Crippen molar-refractivity contribution in [1.82, 2.24) is 5.32 Å². The Balaban J connectivity index is 2.06. The Bertz CT molecular complexity index is 451. The van der Waals surface area contributed by atoms with Crippen LogP contribution in [0, 0.1) is 0 Å². The van der Waals surface area contributed by atoms with Crippen LogP contribution in [0.1, 0.15) is 25.7 Å². The minimum atomic E-state index is -0.846. The number of amides is 1. The lowest BCUT2D eigenvalue weighted by molar-refractivity contribution is -0.137. The Morgan fingerprint density at radius 2 is 2.05 bits per heavy atom. The predicted octanol–water partition coefficient (Wildman–Crippen LogP) is 2.59. The second-order valence-electron chi connectivity index (χ2n) is 4.26. The molecule has 0 radical (unpaired) electrons. The maximum atomic E-state index is 11.4. The lowest BCUT2D eigenvalue weighted by atomic mass is 10.3. The summed E-state index contributed by atoms with van der Waals surface area (Å²) in [6, 6.07) is 7.52. The first-order valence-corrected chi connectivity index (χ1v) is 7.24. The number of rotatable bonds is 9. The summed E-state index contributed by atoms with van der Waals surface area (Å²) in [5.74, 6) is -0.156. The normalized spacial score (nSPS) is 10.1. The molecule has 0 saturated heterocycles. The van der Waals surface area contributed by atoms with Crippen LogP contribution in [-0.4, -0.2) is 30.1 Å². The topological polar surface area (TPSA) is 75.6 Å². The summed E-state index contributed by atoms with van der Waals surface area (Å²) in [4.78, 5) is 21.7. The van der Waals surface area contributed by atoms with Gasteiger partial charge in [0.25, 0.3) is 0 Å². The van der Waals surface area contributed by atoms with Crippen LogP contribution >= 0.6 is 15.9 Å². The number of carboxylic acids is 1. The number of aliphatic carboxylic acids is 1. The summed E-state index contributed by atoms with van der Waals surface area (Å²) in [7, 11) is 0. The first-order valence-electron chi connectivity index (χ1n) is 6.45. The molecule has 0 spiro atoms. The van der Waals surface area contributed by atoms with E-state index in [1.807, 2.05) is 24.3 Å². The lowest BCUT2D eigenvalue weighted by Crippen LogP contribution is -2.25. The molecule has 110 valence electrons.